The molecule has 2 rings (SSSR count). The Kier molecular flexibility index (Phi) is 4.70. The van der Waals surface area contributed by atoms with Crippen molar-refractivity contribution < 1.29 is 8.78 Å². The lowest BCUT2D eigenvalue weighted by atomic mass is 9.93. The van der Waals surface area contributed by atoms with Gasteiger partial charge in [-0.1, -0.05) is 26.8 Å². The van der Waals surface area contributed by atoms with Crippen molar-refractivity contribution >= 4 is 11.3 Å². The van der Waals surface area contributed by atoms with Crippen molar-refractivity contribution in [2.45, 2.75) is 38.6 Å². The fraction of sp³-hybridized carbons (Fsp3) is 0.400. The van der Waals surface area contributed by atoms with Crippen molar-refractivity contribution in [1.29, 1.82) is 0 Å². The first-order valence-electron chi connectivity index (χ1n) is 6.68. The van der Waals surface area contributed by atoms with E-state index in [1.807, 2.05) is 5.38 Å². The van der Waals surface area contributed by atoms with Crippen molar-refractivity contribution in [1.82, 2.24) is 10.4 Å². The van der Waals surface area contributed by atoms with Crippen molar-refractivity contribution in [3.05, 3.63) is 51.5 Å². The molecule has 0 radical (unpaired) electrons. The third-order valence-corrected chi connectivity index (χ3v) is 4.12. The molecule has 1 atom stereocenters. The Morgan fingerprint density at radius 3 is 2.38 bits per heavy atom. The molecule has 0 saturated carbocycles. The van der Waals surface area contributed by atoms with Gasteiger partial charge in [-0.05, 0) is 12.1 Å². The molecule has 21 heavy (non-hydrogen) atoms. The van der Waals surface area contributed by atoms with E-state index in [-0.39, 0.29) is 11.0 Å². The van der Waals surface area contributed by atoms with Crippen LogP contribution >= 0.6 is 11.3 Å². The first kappa shape index (κ1) is 16.0. The minimum Gasteiger partial charge on any atom is -0.271 e. The second kappa shape index (κ2) is 6.17. The fourth-order valence-corrected chi connectivity index (χ4v) is 3.08. The van der Waals surface area contributed by atoms with Crippen LogP contribution in [0.2, 0.25) is 0 Å². The second-order valence-electron chi connectivity index (χ2n) is 5.94. The highest BCUT2D eigenvalue weighted by atomic mass is 32.1. The molecule has 1 aromatic carbocycles. The van der Waals surface area contributed by atoms with Gasteiger partial charge in [-0.25, -0.2) is 13.8 Å². The van der Waals surface area contributed by atoms with Crippen LogP contribution in [0.5, 0.6) is 0 Å². The lowest BCUT2D eigenvalue weighted by Gasteiger charge is -2.17. The molecule has 114 valence electrons. The van der Waals surface area contributed by atoms with Gasteiger partial charge in [-0.3, -0.25) is 11.3 Å². The van der Waals surface area contributed by atoms with E-state index in [4.69, 9.17) is 5.84 Å². The van der Waals surface area contributed by atoms with Gasteiger partial charge in [0.15, 0.2) is 0 Å². The van der Waals surface area contributed by atoms with Crippen LogP contribution in [0.25, 0.3) is 0 Å². The normalized spacial score (nSPS) is 13.4. The van der Waals surface area contributed by atoms with E-state index < -0.39 is 17.7 Å². The molecular formula is C15H19F2N3S. The van der Waals surface area contributed by atoms with E-state index in [9.17, 15) is 8.78 Å². The maximum absolute atomic E-state index is 13.8. The number of hydrogen-bond donors (Lipinski definition) is 2. The molecule has 3 nitrogen and oxygen atoms in total. The summed E-state index contributed by atoms with van der Waals surface area (Å²) in [6.07, 6.45) is 0.342. The highest BCUT2D eigenvalue weighted by Gasteiger charge is 2.22. The average Bonchev–Trinajstić information content (AvgIpc) is 2.85. The number of aromatic nitrogens is 1. The molecule has 2 aromatic rings. The van der Waals surface area contributed by atoms with Crippen LogP contribution in [0.3, 0.4) is 0 Å². The largest absolute Gasteiger partial charge is 0.271 e. The van der Waals surface area contributed by atoms with Gasteiger partial charge in [-0.2, -0.15) is 0 Å². The number of halogens is 2. The summed E-state index contributed by atoms with van der Waals surface area (Å²) in [5.41, 5.74) is 3.35. The Morgan fingerprint density at radius 2 is 1.90 bits per heavy atom. The molecule has 0 aliphatic heterocycles. The fourth-order valence-electron chi connectivity index (χ4n) is 2.01. The quantitative estimate of drug-likeness (QED) is 0.671. The zero-order valence-corrected chi connectivity index (χ0v) is 13.1. The lowest BCUT2D eigenvalue weighted by Crippen LogP contribution is -2.31. The molecule has 0 bridgehead atoms. The topological polar surface area (TPSA) is 50.9 Å². The molecule has 1 heterocycles. The molecule has 0 amide bonds. The number of rotatable bonds is 4. The maximum Gasteiger partial charge on any atom is 0.130 e. The minimum absolute atomic E-state index is 0.0486. The molecule has 3 N–H and O–H groups in total. The van der Waals surface area contributed by atoms with E-state index in [1.54, 1.807) is 0 Å². The molecule has 1 aromatic heterocycles. The molecule has 0 spiro atoms. The molecule has 0 saturated heterocycles. The van der Waals surface area contributed by atoms with Gasteiger partial charge >= 0.3 is 0 Å². The maximum atomic E-state index is 13.8. The highest BCUT2D eigenvalue weighted by Crippen LogP contribution is 2.28. The van der Waals surface area contributed by atoms with Gasteiger partial charge in [-0.15, -0.1) is 11.3 Å². The smallest absolute Gasteiger partial charge is 0.130 e. The molecule has 6 heteroatoms. The highest BCUT2D eigenvalue weighted by molar-refractivity contribution is 7.09. The molecule has 1 unspecified atom stereocenters. The van der Waals surface area contributed by atoms with Gasteiger partial charge in [0.2, 0.25) is 0 Å². The molecule has 0 fully saturated rings. The SMILES string of the molecule is CC(C)(C)c1csc(CC(NN)c2c(F)cccc2F)n1. The Bertz CT molecular complexity index is 599. The van der Waals surface area contributed by atoms with E-state index >= 15 is 0 Å². The third-order valence-electron chi connectivity index (χ3n) is 3.25. The van der Waals surface area contributed by atoms with E-state index in [2.05, 4.69) is 31.2 Å². The summed E-state index contributed by atoms with van der Waals surface area (Å²) in [5.74, 6) is 4.26. The number of nitrogens with two attached hydrogens (primary N) is 1. The number of benzene rings is 1. The van der Waals surface area contributed by atoms with Gasteiger partial charge in [0, 0.05) is 22.8 Å². The molecular weight excluding hydrogens is 292 g/mol. The number of hydrazine groups is 1. The summed E-state index contributed by atoms with van der Waals surface area (Å²) in [7, 11) is 0. The van der Waals surface area contributed by atoms with Gasteiger partial charge in [0.25, 0.3) is 0 Å². The van der Waals surface area contributed by atoms with Crippen LogP contribution in [0.15, 0.2) is 23.6 Å². The van der Waals surface area contributed by atoms with Gasteiger partial charge < -0.3 is 0 Å². The standard InChI is InChI=1S/C15H19F2N3S/c1-15(2,3)12-8-21-13(19-12)7-11(20-18)14-9(16)5-4-6-10(14)17/h4-6,8,11,20H,7,18H2,1-3H3. The van der Waals surface area contributed by atoms with Crippen molar-refractivity contribution in [3.8, 4) is 0 Å². The Balaban J connectivity index is 2.26. The van der Waals surface area contributed by atoms with Crippen LogP contribution in [0, 0.1) is 11.6 Å². The monoisotopic (exact) mass is 311 g/mol. The summed E-state index contributed by atoms with van der Waals surface area (Å²) in [6.45, 7) is 6.21. The first-order valence-corrected chi connectivity index (χ1v) is 7.56. The van der Waals surface area contributed by atoms with Crippen molar-refractivity contribution in [2.24, 2.45) is 5.84 Å². The zero-order chi connectivity index (χ0) is 15.6. The van der Waals surface area contributed by atoms with E-state index in [0.29, 0.717) is 6.42 Å². The summed E-state index contributed by atoms with van der Waals surface area (Å²) in [4.78, 5) is 4.53. The van der Waals surface area contributed by atoms with E-state index in [1.165, 1.54) is 29.5 Å². The Morgan fingerprint density at radius 1 is 1.29 bits per heavy atom. The predicted octanol–water partition coefficient (Wildman–Crippen LogP) is 3.47. The van der Waals surface area contributed by atoms with Crippen LogP contribution in [0.4, 0.5) is 8.78 Å². The van der Waals surface area contributed by atoms with Crippen LogP contribution < -0.4 is 11.3 Å². The number of nitrogens with one attached hydrogen (secondary N) is 1. The molecule has 0 aliphatic carbocycles. The van der Waals surface area contributed by atoms with Gasteiger partial charge in [0.05, 0.1) is 16.7 Å². The van der Waals surface area contributed by atoms with Gasteiger partial charge in [0.1, 0.15) is 11.6 Å². The zero-order valence-electron chi connectivity index (χ0n) is 12.3. The van der Waals surface area contributed by atoms with E-state index in [0.717, 1.165) is 10.7 Å². The van der Waals surface area contributed by atoms with Crippen LogP contribution in [-0.4, -0.2) is 4.98 Å². The Hall–Kier alpha value is -1.37. The van der Waals surface area contributed by atoms with Crippen molar-refractivity contribution in [2.75, 3.05) is 0 Å². The third kappa shape index (κ3) is 3.64. The number of thiazole rings is 1. The minimum atomic E-state index is -0.648. The first-order chi connectivity index (χ1) is 9.82. The van der Waals surface area contributed by atoms with Crippen molar-refractivity contribution in [3.63, 3.8) is 0 Å². The lowest BCUT2D eigenvalue weighted by molar-refractivity contribution is 0.471. The molecule has 0 aliphatic rings. The average molecular weight is 311 g/mol. The summed E-state index contributed by atoms with van der Waals surface area (Å²) in [6, 6.07) is 3.14. The Labute approximate surface area is 127 Å². The predicted molar refractivity (Wildman–Crippen MR) is 80.9 cm³/mol. The second-order valence-corrected chi connectivity index (χ2v) is 6.88. The summed E-state index contributed by atoms with van der Waals surface area (Å²) >= 11 is 1.47. The van der Waals surface area contributed by atoms with Crippen LogP contribution in [-0.2, 0) is 11.8 Å². The number of nitrogens with zero attached hydrogens (tertiary/aromatic N) is 1. The summed E-state index contributed by atoms with van der Waals surface area (Å²) in [5, 5.41) is 2.77. The summed E-state index contributed by atoms with van der Waals surface area (Å²) < 4.78 is 27.7. The number of hydrogen-bond acceptors (Lipinski definition) is 4. The van der Waals surface area contributed by atoms with Crippen LogP contribution in [0.1, 0.15) is 43.1 Å².